The molecule has 2 aliphatic carbocycles. The topological polar surface area (TPSA) is 66.4 Å². The Balaban J connectivity index is 1.99. The molecule has 0 bridgehead atoms. The Labute approximate surface area is 127 Å². The van der Waals surface area contributed by atoms with Gasteiger partial charge in [0.2, 0.25) is 5.91 Å². The van der Waals surface area contributed by atoms with Crippen LogP contribution in [-0.4, -0.2) is 29.2 Å². The lowest BCUT2D eigenvalue weighted by atomic mass is 9.80. The third-order valence-electron chi connectivity index (χ3n) is 4.92. The van der Waals surface area contributed by atoms with E-state index in [1.165, 1.54) is 0 Å². The van der Waals surface area contributed by atoms with Gasteiger partial charge in [0.25, 0.3) is 0 Å². The average Bonchev–Trinajstić information content (AvgIpc) is 2.97. The predicted octanol–water partition coefficient (Wildman–Crippen LogP) is 3.11. The first kappa shape index (κ1) is 17.1. The van der Waals surface area contributed by atoms with E-state index in [1.807, 2.05) is 0 Å². The van der Waals surface area contributed by atoms with Crippen LogP contribution in [0.3, 0.4) is 0 Å². The molecule has 0 saturated heterocycles. The molecular formula is C15H22F3NO3. The van der Waals surface area contributed by atoms with Crippen molar-refractivity contribution >= 4 is 11.9 Å². The van der Waals surface area contributed by atoms with Gasteiger partial charge in [0.15, 0.2) is 0 Å². The summed E-state index contributed by atoms with van der Waals surface area (Å²) >= 11 is 0. The van der Waals surface area contributed by atoms with Crippen LogP contribution < -0.4 is 5.32 Å². The molecule has 2 aliphatic rings. The van der Waals surface area contributed by atoms with Crippen LogP contribution in [0.1, 0.15) is 51.4 Å². The van der Waals surface area contributed by atoms with E-state index >= 15 is 0 Å². The summed E-state index contributed by atoms with van der Waals surface area (Å²) < 4.78 is 39.6. The molecule has 0 heterocycles. The maximum absolute atomic E-state index is 13.2. The van der Waals surface area contributed by atoms with Crippen LogP contribution in [0.2, 0.25) is 0 Å². The van der Waals surface area contributed by atoms with Gasteiger partial charge in [-0.3, -0.25) is 9.59 Å². The number of carbonyl (C=O) groups excluding carboxylic acids is 1. The van der Waals surface area contributed by atoms with E-state index in [0.717, 1.165) is 12.8 Å². The SMILES string of the molecule is O=C(O)C1CCCC(C(=O)NC(C2CCCC2)C(F)(F)F)C1. The van der Waals surface area contributed by atoms with Gasteiger partial charge in [0.05, 0.1) is 5.92 Å². The summed E-state index contributed by atoms with van der Waals surface area (Å²) in [6.07, 6.45) is -0.318. The molecule has 0 aromatic heterocycles. The number of hydrogen-bond donors (Lipinski definition) is 2. The Morgan fingerprint density at radius 2 is 1.59 bits per heavy atom. The molecule has 2 N–H and O–H groups in total. The molecule has 22 heavy (non-hydrogen) atoms. The minimum atomic E-state index is -4.45. The molecule has 0 radical (unpaired) electrons. The highest BCUT2D eigenvalue weighted by atomic mass is 19.4. The lowest BCUT2D eigenvalue weighted by Crippen LogP contribution is -2.51. The first-order valence-electron chi connectivity index (χ1n) is 7.89. The molecule has 4 nitrogen and oxygen atoms in total. The Morgan fingerprint density at radius 1 is 1.00 bits per heavy atom. The van der Waals surface area contributed by atoms with Crippen LogP contribution in [0.25, 0.3) is 0 Å². The lowest BCUT2D eigenvalue weighted by molar-refractivity contribution is -0.173. The van der Waals surface area contributed by atoms with Gasteiger partial charge in [0.1, 0.15) is 6.04 Å². The van der Waals surface area contributed by atoms with Gasteiger partial charge in [0, 0.05) is 5.92 Å². The summed E-state index contributed by atoms with van der Waals surface area (Å²) in [5.74, 6) is -3.41. The highest BCUT2D eigenvalue weighted by Gasteiger charge is 2.47. The van der Waals surface area contributed by atoms with Crippen molar-refractivity contribution in [1.82, 2.24) is 5.32 Å². The number of rotatable bonds is 4. The van der Waals surface area contributed by atoms with Crippen molar-refractivity contribution in [2.75, 3.05) is 0 Å². The van der Waals surface area contributed by atoms with Gasteiger partial charge in [-0.2, -0.15) is 13.2 Å². The average molecular weight is 321 g/mol. The number of halogens is 3. The summed E-state index contributed by atoms with van der Waals surface area (Å²) in [5, 5.41) is 11.2. The molecule has 1 amide bonds. The minimum Gasteiger partial charge on any atom is -0.481 e. The summed E-state index contributed by atoms with van der Waals surface area (Å²) in [7, 11) is 0. The molecule has 7 heteroatoms. The Hall–Kier alpha value is -1.27. The highest BCUT2D eigenvalue weighted by Crippen LogP contribution is 2.36. The first-order valence-corrected chi connectivity index (χ1v) is 7.89. The van der Waals surface area contributed by atoms with Crippen LogP contribution in [0.5, 0.6) is 0 Å². The van der Waals surface area contributed by atoms with Crippen molar-refractivity contribution in [2.45, 2.75) is 63.6 Å². The van der Waals surface area contributed by atoms with E-state index in [2.05, 4.69) is 5.32 Å². The smallest absolute Gasteiger partial charge is 0.408 e. The van der Waals surface area contributed by atoms with Crippen LogP contribution in [0, 0.1) is 17.8 Å². The van der Waals surface area contributed by atoms with Crippen LogP contribution in [-0.2, 0) is 9.59 Å². The molecule has 3 unspecified atom stereocenters. The monoisotopic (exact) mass is 321 g/mol. The fourth-order valence-corrected chi connectivity index (χ4v) is 3.68. The number of alkyl halides is 3. The van der Waals surface area contributed by atoms with E-state index in [0.29, 0.717) is 32.1 Å². The highest BCUT2D eigenvalue weighted by molar-refractivity contribution is 5.80. The maximum atomic E-state index is 13.2. The number of nitrogens with one attached hydrogen (secondary N) is 1. The third-order valence-corrected chi connectivity index (χ3v) is 4.92. The normalized spacial score (nSPS) is 28.3. The van der Waals surface area contributed by atoms with E-state index in [4.69, 9.17) is 5.11 Å². The second kappa shape index (κ2) is 6.87. The third kappa shape index (κ3) is 4.14. The fourth-order valence-electron chi connectivity index (χ4n) is 3.68. The van der Waals surface area contributed by atoms with E-state index < -0.39 is 41.8 Å². The van der Waals surface area contributed by atoms with Crippen molar-refractivity contribution in [2.24, 2.45) is 17.8 Å². The van der Waals surface area contributed by atoms with E-state index in [-0.39, 0.29) is 6.42 Å². The van der Waals surface area contributed by atoms with E-state index in [1.54, 1.807) is 0 Å². The van der Waals surface area contributed by atoms with Crippen LogP contribution in [0.4, 0.5) is 13.2 Å². The molecule has 2 saturated carbocycles. The molecule has 2 fully saturated rings. The van der Waals surface area contributed by atoms with Crippen LogP contribution in [0.15, 0.2) is 0 Å². The van der Waals surface area contributed by atoms with Crippen molar-refractivity contribution < 1.29 is 27.9 Å². The van der Waals surface area contributed by atoms with Crippen LogP contribution >= 0.6 is 0 Å². The predicted molar refractivity (Wildman–Crippen MR) is 73.0 cm³/mol. The largest absolute Gasteiger partial charge is 0.481 e. The second-order valence-corrected chi connectivity index (χ2v) is 6.47. The molecule has 0 spiro atoms. The van der Waals surface area contributed by atoms with Gasteiger partial charge in [-0.05, 0) is 38.0 Å². The molecule has 0 aliphatic heterocycles. The molecular weight excluding hydrogens is 299 g/mol. The van der Waals surface area contributed by atoms with Crippen molar-refractivity contribution in [3.05, 3.63) is 0 Å². The lowest BCUT2D eigenvalue weighted by Gasteiger charge is -2.31. The minimum absolute atomic E-state index is 0.135. The second-order valence-electron chi connectivity index (χ2n) is 6.47. The summed E-state index contributed by atoms with van der Waals surface area (Å²) in [6.45, 7) is 0. The standard InChI is InChI=1S/C15H22F3NO3/c16-15(17,18)12(9-4-1-2-5-9)19-13(20)10-6-3-7-11(8-10)14(21)22/h9-12H,1-8H2,(H,19,20)(H,21,22). The molecule has 3 atom stereocenters. The van der Waals surface area contributed by atoms with Gasteiger partial charge in [-0.15, -0.1) is 0 Å². The number of carbonyl (C=O) groups is 2. The Bertz CT molecular complexity index is 419. The van der Waals surface area contributed by atoms with Crippen molar-refractivity contribution in [3.63, 3.8) is 0 Å². The molecule has 126 valence electrons. The zero-order valence-electron chi connectivity index (χ0n) is 12.4. The van der Waals surface area contributed by atoms with E-state index in [9.17, 15) is 22.8 Å². The van der Waals surface area contributed by atoms with Gasteiger partial charge >= 0.3 is 12.1 Å². The molecule has 0 aromatic carbocycles. The maximum Gasteiger partial charge on any atom is 0.408 e. The van der Waals surface area contributed by atoms with Gasteiger partial charge in [-0.25, -0.2) is 0 Å². The molecule has 0 aromatic rings. The van der Waals surface area contributed by atoms with Crippen molar-refractivity contribution in [3.8, 4) is 0 Å². The zero-order chi connectivity index (χ0) is 16.3. The fraction of sp³-hybridized carbons (Fsp3) is 0.867. The van der Waals surface area contributed by atoms with Gasteiger partial charge in [-0.1, -0.05) is 19.3 Å². The number of amides is 1. The van der Waals surface area contributed by atoms with Crippen molar-refractivity contribution in [1.29, 1.82) is 0 Å². The number of hydrogen-bond acceptors (Lipinski definition) is 2. The zero-order valence-corrected chi connectivity index (χ0v) is 12.4. The summed E-state index contributed by atoms with van der Waals surface area (Å²) in [5.41, 5.74) is 0. The Morgan fingerprint density at radius 3 is 2.14 bits per heavy atom. The Kier molecular flexibility index (Phi) is 5.34. The summed E-state index contributed by atoms with van der Waals surface area (Å²) in [4.78, 5) is 23.2. The first-order chi connectivity index (χ1) is 10.3. The number of carboxylic acid groups (broad SMARTS) is 1. The van der Waals surface area contributed by atoms with Gasteiger partial charge < -0.3 is 10.4 Å². The number of aliphatic carboxylic acids is 1. The summed E-state index contributed by atoms with van der Waals surface area (Å²) in [6, 6.07) is -1.80. The molecule has 2 rings (SSSR count). The number of carboxylic acids is 1. The quantitative estimate of drug-likeness (QED) is 0.836.